The standard InChI is InChI=1S/C20H25NO6/c1-5-24-18(22)17-9-12-8-14(6-7-16(12)26-17)25-15-10-13(11-15)21-19(23)27-20(2,3)4/h6-9,13,15H,5,10-11H2,1-4H3,(H,21,23)/t13-,15+. The summed E-state index contributed by atoms with van der Waals surface area (Å²) in [5, 5.41) is 3.61. The number of furan rings is 1. The van der Waals surface area contributed by atoms with Gasteiger partial charge in [-0.3, -0.25) is 0 Å². The van der Waals surface area contributed by atoms with Gasteiger partial charge >= 0.3 is 12.1 Å². The molecule has 1 N–H and O–H groups in total. The molecular formula is C20H25NO6. The number of benzene rings is 1. The number of hydrogen-bond donors (Lipinski definition) is 1. The molecule has 0 radical (unpaired) electrons. The molecule has 1 aromatic carbocycles. The molecule has 3 rings (SSSR count). The molecule has 27 heavy (non-hydrogen) atoms. The summed E-state index contributed by atoms with van der Waals surface area (Å²) in [6.07, 6.45) is 1.06. The first-order chi connectivity index (χ1) is 12.7. The van der Waals surface area contributed by atoms with Gasteiger partial charge in [-0.2, -0.15) is 0 Å². The Balaban J connectivity index is 1.53. The smallest absolute Gasteiger partial charge is 0.407 e. The van der Waals surface area contributed by atoms with Gasteiger partial charge in [0.15, 0.2) is 0 Å². The number of amides is 1. The Kier molecular flexibility index (Phi) is 5.30. The summed E-state index contributed by atoms with van der Waals surface area (Å²) < 4.78 is 21.6. The molecule has 7 nitrogen and oxygen atoms in total. The number of hydrogen-bond acceptors (Lipinski definition) is 6. The van der Waals surface area contributed by atoms with E-state index in [1.54, 1.807) is 25.1 Å². The van der Waals surface area contributed by atoms with Crippen LogP contribution in [0, 0.1) is 0 Å². The summed E-state index contributed by atoms with van der Waals surface area (Å²) in [6.45, 7) is 7.54. The van der Waals surface area contributed by atoms with Gasteiger partial charge in [-0.15, -0.1) is 0 Å². The summed E-state index contributed by atoms with van der Waals surface area (Å²) in [6, 6.07) is 7.10. The predicted molar refractivity (Wildman–Crippen MR) is 99.0 cm³/mol. The summed E-state index contributed by atoms with van der Waals surface area (Å²) in [5.74, 6) is 0.389. The molecule has 1 aromatic heterocycles. The van der Waals surface area contributed by atoms with Gasteiger partial charge in [-0.25, -0.2) is 9.59 Å². The fourth-order valence-corrected chi connectivity index (χ4v) is 2.84. The fraction of sp³-hybridized carbons (Fsp3) is 0.500. The highest BCUT2D eigenvalue weighted by molar-refractivity contribution is 5.92. The lowest BCUT2D eigenvalue weighted by atomic mass is 9.89. The second kappa shape index (κ2) is 7.50. The van der Waals surface area contributed by atoms with Gasteiger partial charge < -0.3 is 23.9 Å². The Morgan fingerprint density at radius 3 is 2.63 bits per heavy atom. The number of fused-ring (bicyclic) bond motifs is 1. The summed E-state index contributed by atoms with van der Waals surface area (Å²) in [7, 11) is 0. The molecule has 1 aliphatic carbocycles. The van der Waals surface area contributed by atoms with Crippen molar-refractivity contribution in [2.45, 2.75) is 58.3 Å². The molecule has 146 valence electrons. The Labute approximate surface area is 157 Å². The number of nitrogens with one attached hydrogen (secondary N) is 1. The lowest BCUT2D eigenvalue weighted by Crippen LogP contribution is -2.50. The van der Waals surface area contributed by atoms with E-state index in [4.69, 9.17) is 18.6 Å². The summed E-state index contributed by atoms with van der Waals surface area (Å²) >= 11 is 0. The Morgan fingerprint density at radius 2 is 1.96 bits per heavy atom. The van der Waals surface area contributed by atoms with Gasteiger partial charge in [-0.1, -0.05) is 0 Å². The minimum atomic E-state index is -0.508. The largest absolute Gasteiger partial charge is 0.490 e. The Hall–Kier alpha value is -2.70. The van der Waals surface area contributed by atoms with Crippen LogP contribution in [0.25, 0.3) is 11.0 Å². The van der Waals surface area contributed by atoms with Crippen LogP contribution in [0.4, 0.5) is 4.79 Å². The van der Waals surface area contributed by atoms with E-state index >= 15 is 0 Å². The molecule has 0 saturated heterocycles. The van der Waals surface area contributed by atoms with Gasteiger partial charge in [0, 0.05) is 24.3 Å². The topological polar surface area (TPSA) is 87.0 Å². The first-order valence-electron chi connectivity index (χ1n) is 9.10. The van der Waals surface area contributed by atoms with Crippen LogP contribution in [0.15, 0.2) is 28.7 Å². The van der Waals surface area contributed by atoms with Crippen molar-refractivity contribution in [1.82, 2.24) is 5.32 Å². The number of carbonyl (C=O) groups excluding carboxylic acids is 2. The number of alkyl carbamates (subject to hydrolysis) is 1. The molecule has 2 aromatic rings. The zero-order chi connectivity index (χ0) is 19.6. The maximum atomic E-state index is 11.8. The highest BCUT2D eigenvalue weighted by Gasteiger charge is 2.33. The second-order valence-electron chi connectivity index (χ2n) is 7.59. The summed E-state index contributed by atoms with van der Waals surface area (Å²) in [4.78, 5) is 23.5. The van der Waals surface area contributed by atoms with Crippen LogP contribution in [-0.2, 0) is 9.47 Å². The van der Waals surface area contributed by atoms with E-state index in [2.05, 4.69) is 5.32 Å². The van der Waals surface area contributed by atoms with Crippen LogP contribution >= 0.6 is 0 Å². The van der Waals surface area contributed by atoms with E-state index in [0.717, 1.165) is 18.2 Å². The zero-order valence-electron chi connectivity index (χ0n) is 16.0. The van der Waals surface area contributed by atoms with Crippen molar-refractivity contribution in [2.75, 3.05) is 6.61 Å². The van der Waals surface area contributed by atoms with Gasteiger partial charge in [0.25, 0.3) is 0 Å². The Bertz CT molecular complexity index is 829. The quantitative estimate of drug-likeness (QED) is 0.794. The number of ether oxygens (including phenoxy) is 3. The molecule has 7 heteroatoms. The van der Waals surface area contributed by atoms with Crippen LogP contribution in [0.3, 0.4) is 0 Å². The molecule has 0 atom stereocenters. The molecule has 1 fully saturated rings. The van der Waals surface area contributed by atoms with Gasteiger partial charge in [0.1, 0.15) is 23.0 Å². The highest BCUT2D eigenvalue weighted by Crippen LogP contribution is 2.30. The Morgan fingerprint density at radius 1 is 1.22 bits per heavy atom. The van der Waals surface area contributed by atoms with Crippen LogP contribution in [0.1, 0.15) is 51.1 Å². The molecular weight excluding hydrogens is 350 g/mol. The van der Waals surface area contributed by atoms with Gasteiger partial charge in [-0.05, 0) is 52.0 Å². The number of esters is 1. The van der Waals surface area contributed by atoms with E-state index in [0.29, 0.717) is 17.9 Å². The van der Waals surface area contributed by atoms with Crippen molar-refractivity contribution in [3.8, 4) is 5.75 Å². The monoisotopic (exact) mass is 375 g/mol. The van der Waals surface area contributed by atoms with Crippen LogP contribution < -0.4 is 10.1 Å². The van der Waals surface area contributed by atoms with E-state index in [1.165, 1.54) is 0 Å². The molecule has 0 aliphatic heterocycles. The van der Waals surface area contributed by atoms with Crippen molar-refractivity contribution in [1.29, 1.82) is 0 Å². The third-order valence-corrected chi connectivity index (χ3v) is 4.08. The first-order valence-corrected chi connectivity index (χ1v) is 9.10. The van der Waals surface area contributed by atoms with Crippen molar-refractivity contribution in [2.24, 2.45) is 0 Å². The van der Waals surface area contributed by atoms with Crippen LogP contribution in [0.5, 0.6) is 5.75 Å². The average Bonchev–Trinajstić information content (AvgIpc) is 2.94. The molecule has 1 amide bonds. The normalized spacial score (nSPS) is 19.3. The SMILES string of the molecule is CCOC(=O)c1cc2cc(O[C@H]3C[C@@H](NC(=O)OC(C)(C)C)C3)ccc2o1. The molecule has 1 aliphatic rings. The molecule has 1 heterocycles. The predicted octanol–water partition coefficient (Wildman–Crippen LogP) is 4.04. The third kappa shape index (κ3) is 4.93. The minimum absolute atomic E-state index is 0.0267. The second-order valence-corrected chi connectivity index (χ2v) is 7.59. The molecule has 0 bridgehead atoms. The lowest BCUT2D eigenvalue weighted by molar-refractivity contribution is 0.0362. The molecule has 0 spiro atoms. The van der Waals surface area contributed by atoms with E-state index in [1.807, 2.05) is 26.8 Å². The van der Waals surface area contributed by atoms with Crippen LogP contribution in [0.2, 0.25) is 0 Å². The number of rotatable bonds is 5. The lowest BCUT2D eigenvalue weighted by Gasteiger charge is -2.36. The average molecular weight is 375 g/mol. The maximum absolute atomic E-state index is 11.8. The molecule has 0 unspecified atom stereocenters. The molecule has 1 saturated carbocycles. The van der Waals surface area contributed by atoms with Gasteiger partial charge in [0.05, 0.1) is 6.61 Å². The van der Waals surface area contributed by atoms with E-state index < -0.39 is 17.7 Å². The highest BCUT2D eigenvalue weighted by atomic mass is 16.6. The van der Waals surface area contributed by atoms with Gasteiger partial charge in [0.2, 0.25) is 5.76 Å². The first kappa shape index (κ1) is 19.1. The minimum Gasteiger partial charge on any atom is -0.490 e. The maximum Gasteiger partial charge on any atom is 0.407 e. The third-order valence-electron chi connectivity index (χ3n) is 4.08. The van der Waals surface area contributed by atoms with E-state index in [9.17, 15) is 9.59 Å². The zero-order valence-corrected chi connectivity index (χ0v) is 16.0. The van der Waals surface area contributed by atoms with Crippen LogP contribution in [-0.4, -0.2) is 36.4 Å². The van der Waals surface area contributed by atoms with Crippen molar-refractivity contribution in [3.63, 3.8) is 0 Å². The summed E-state index contributed by atoms with van der Waals surface area (Å²) in [5.41, 5.74) is 0.0927. The van der Waals surface area contributed by atoms with Crippen molar-refractivity contribution >= 4 is 23.0 Å². The fourth-order valence-electron chi connectivity index (χ4n) is 2.84. The number of carbonyl (C=O) groups is 2. The van der Waals surface area contributed by atoms with Crippen molar-refractivity contribution in [3.05, 3.63) is 30.0 Å². The van der Waals surface area contributed by atoms with E-state index in [-0.39, 0.29) is 17.9 Å². The van der Waals surface area contributed by atoms with Crippen molar-refractivity contribution < 1.29 is 28.2 Å².